The molecular weight excluding hydrogens is 272 g/mol. The molecule has 2 amide bonds. The number of amides is 2. The van der Waals surface area contributed by atoms with Crippen molar-refractivity contribution in [2.75, 3.05) is 26.2 Å². The molecular formula is C15H24N2O2S. The van der Waals surface area contributed by atoms with Gasteiger partial charge in [0.25, 0.3) is 0 Å². The fourth-order valence-electron chi connectivity index (χ4n) is 2.54. The van der Waals surface area contributed by atoms with Crippen LogP contribution >= 0.6 is 11.3 Å². The maximum Gasteiger partial charge on any atom is 0.317 e. The van der Waals surface area contributed by atoms with E-state index in [-0.39, 0.29) is 12.6 Å². The Kier molecular flexibility index (Phi) is 5.86. The molecule has 1 aliphatic heterocycles. The Hall–Kier alpha value is -1.07. The highest BCUT2D eigenvalue weighted by Crippen LogP contribution is 2.17. The molecule has 2 heterocycles. The van der Waals surface area contributed by atoms with Gasteiger partial charge in [0, 0.05) is 31.1 Å². The molecule has 4 nitrogen and oxygen atoms in total. The number of carbonyl (C=O) groups excluding carboxylic acids is 1. The first kappa shape index (κ1) is 15.3. The topological polar surface area (TPSA) is 52.6 Å². The Morgan fingerprint density at radius 2 is 2.30 bits per heavy atom. The number of hydrogen-bond donors (Lipinski definition) is 2. The van der Waals surface area contributed by atoms with Gasteiger partial charge in [-0.25, -0.2) is 4.79 Å². The fourth-order valence-corrected chi connectivity index (χ4v) is 3.41. The molecule has 0 unspecified atom stereocenters. The maximum absolute atomic E-state index is 12.1. The van der Waals surface area contributed by atoms with E-state index in [0.29, 0.717) is 11.8 Å². The Morgan fingerprint density at radius 1 is 1.55 bits per heavy atom. The van der Waals surface area contributed by atoms with Gasteiger partial charge in [-0.15, -0.1) is 11.3 Å². The zero-order chi connectivity index (χ0) is 14.4. The second-order valence-electron chi connectivity index (χ2n) is 5.69. The normalized spacial score (nSPS) is 18.0. The first-order valence-corrected chi connectivity index (χ1v) is 8.23. The summed E-state index contributed by atoms with van der Waals surface area (Å²) in [6, 6.07) is 4.25. The SMILES string of the molecule is C[C@@H](CNC(=O)N1CCC(CO)CC1)Cc1cccs1. The summed E-state index contributed by atoms with van der Waals surface area (Å²) in [6.45, 7) is 4.65. The van der Waals surface area contributed by atoms with Gasteiger partial charge in [-0.1, -0.05) is 13.0 Å². The van der Waals surface area contributed by atoms with E-state index in [4.69, 9.17) is 5.11 Å². The van der Waals surface area contributed by atoms with Crippen LogP contribution in [0.15, 0.2) is 17.5 Å². The van der Waals surface area contributed by atoms with Gasteiger partial charge in [0.2, 0.25) is 0 Å². The largest absolute Gasteiger partial charge is 0.396 e. The molecule has 0 aliphatic carbocycles. The van der Waals surface area contributed by atoms with Gasteiger partial charge < -0.3 is 15.3 Å². The van der Waals surface area contributed by atoms with Crippen molar-refractivity contribution in [1.29, 1.82) is 0 Å². The van der Waals surface area contributed by atoms with Crippen molar-refractivity contribution >= 4 is 17.4 Å². The quantitative estimate of drug-likeness (QED) is 0.876. The van der Waals surface area contributed by atoms with Gasteiger partial charge in [-0.3, -0.25) is 0 Å². The summed E-state index contributed by atoms with van der Waals surface area (Å²) in [4.78, 5) is 15.3. The standard InChI is InChI=1S/C15H24N2O2S/c1-12(9-14-3-2-8-20-14)10-16-15(19)17-6-4-13(11-18)5-7-17/h2-3,8,12-13,18H,4-7,9-11H2,1H3,(H,16,19)/t12-/m1/s1. The summed E-state index contributed by atoms with van der Waals surface area (Å²) < 4.78 is 0. The van der Waals surface area contributed by atoms with Crippen LogP contribution in [0.4, 0.5) is 4.79 Å². The minimum Gasteiger partial charge on any atom is -0.396 e. The number of carbonyl (C=O) groups is 1. The van der Waals surface area contributed by atoms with E-state index in [2.05, 4.69) is 29.8 Å². The van der Waals surface area contributed by atoms with E-state index < -0.39 is 0 Å². The highest BCUT2D eigenvalue weighted by atomic mass is 32.1. The number of nitrogens with one attached hydrogen (secondary N) is 1. The van der Waals surface area contributed by atoms with Crippen LogP contribution in [0, 0.1) is 11.8 Å². The van der Waals surface area contributed by atoms with Gasteiger partial charge in [-0.2, -0.15) is 0 Å². The van der Waals surface area contributed by atoms with Gasteiger partial charge in [0.15, 0.2) is 0 Å². The van der Waals surface area contributed by atoms with Crippen molar-refractivity contribution in [3.63, 3.8) is 0 Å². The summed E-state index contributed by atoms with van der Waals surface area (Å²) in [6.07, 6.45) is 2.84. The van der Waals surface area contributed by atoms with Crippen LogP contribution in [0.5, 0.6) is 0 Å². The first-order valence-electron chi connectivity index (χ1n) is 7.35. The molecule has 1 aliphatic rings. The van der Waals surface area contributed by atoms with E-state index >= 15 is 0 Å². The Morgan fingerprint density at radius 3 is 2.90 bits per heavy atom. The molecule has 0 saturated carbocycles. The number of aliphatic hydroxyl groups excluding tert-OH is 1. The molecule has 1 atom stereocenters. The summed E-state index contributed by atoms with van der Waals surface area (Å²) in [5.41, 5.74) is 0. The van der Waals surface area contributed by atoms with Crippen LogP contribution in [-0.2, 0) is 6.42 Å². The monoisotopic (exact) mass is 296 g/mol. The van der Waals surface area contributed by atoms with Crippen molar-refractivity contribution in [1.82, 2.24) is 10.2 Å². The van der Waals surface area contributed by atoms with Crippen LogP contribution < -0.4 is 5.32 Å². The van der Waals surface area contributed by atoms with E-state index in [1.54, 1.807) is 11.3 Å². The average molecular weight is 296 g/mol. The van der Waals surface area contributed by atoms with Gasteiger partial charge in [0.1, 0.15) is 0 Å². The molecule has 0 spiro atoms. The molecule has 1 aromatic rings. The second-order valence-corrected chi connectivity index (χ2v) is 6.72. The van der Waals surface area contributed by atoms with Gasteiger partial charge in [0.05, 0.1) is 0 Å². The minimum absolute atomic E-state index is 0.0411. The highest BCUT2D eigenvalue weighted by molar-refractivity contribution is 7.09. The highest BCUT2D eigenvalue weighted by Gasteiger charge is 2.22. The summed E-state index contributed by atoms with van der Waals surface area (Å²) in [5.74, 6) is 0.824. The zero-order valence-electron chi connectivity index (χ0n) is 12.0. The predicted molar refractivity (Wildman–Crippen MR) is 82.0 cm³/mol. The van der Waals surface area contributed by atoms with Crippen LogP contribution in [0.3, 0.4) is 0 Å². The second kappa shape index (κ2) is 7.64. The molecule has 2 rings (SSSR count). The number of thiophene rings is 1. The third-order valence-electron chi connectivity index (χ3n) is 3.89. The van der Waals surface area contributed by atoms with Crippen LogP contribution in [0.2, 0.25) is 0 Å². The number of urea groups is 1. The van der Waals surface area contributed by atoms with E-state index in [9.17, 15) is 4.79 Å². The summed E-state index contributed by atoms with van der Waals surface area (Å²) >= 11 is 1.77. The molecule has 0 bridgehead atoms. The lowest BCUT2D eigenvalue weighted by Gasteiger charge is -2.31. The lowest BCUT2D eigenvalue weighted by atomic mass is 9.98. The summed E-state index contributed by atoms with van der Waals surface area (Å²) in [7, 11) is 0. The Bertz CT molecular complexity index is 400. The number of piperidine rings is 1. The Labute approximate surface area is 124 Å². The van der Waals surface area contributed by atoms with Crippen LogP contribution in [-0.4, -0.2) is 42.3 Å². The van der Waals surface area contributed by atoms with E-state index in [0.717, 1.165) is 38.9 Å². The molecule has 112 valence electrons. The molecule has 20 heavy (non-hydrogen) atoms. The molecule has 0 aromatic carbocycles. The number of nitrogens with zero attached hydrogens (tertiary/aromatic N) is 1. The smallest absolute Gasteiger partial charge is 0.317 e. The van der Waals surface area contributed by atoms with E-state index in [1.807, 2.05) is 4.90 Å². The van der Waals surface area contributed by atoms with Crippen molar-refractivity contribution in [2.45, 2.75) is 26.2 Å². The fraction of sp³-hybridized carbons (Fsp3) is 0.667. The molecule has 1 fully saturated rings. The van der Waals surface area contributed by atoms with Crippen LogP contribution in [0.25, 0.3) is 0 Å². The predicted octanol–water partition coefficient (Wildman–Crippen LogP) is 2.34. The van der Waals surface area contributed by atoms with Crippen molar-refractivity contribution in [3.05, 3.63) is 22.4 Å². The summed E-state index contributed by atoms with van der Waals surface area (Å²) in [5, 5.41) is 14.2. The zero-order valence-corrected chi connectivity index (χ0v) is 12.9. The number of aliphatic hydroxyl groups is 1. The average Bonchev–Trinajstić information content (AvgIpc) is 2.97. The van der Waals surface area contributed by atoms with E-state index in [1.165, 1.54) is 4.88 Å². The number of likely N-dealkylation sites (tertiary alicyclic amines) is 1. The van der Waals surface area contributed by atoms with Gasteiger partial charge >= 0.3 is 6.03 Å². The van der Waals surface area contributed by atoms with Crippen molar-refractivity contribution in [3.8, 4) is 0 Å². The van der Waals surface area contributed by atoms with Gasteiger partial charge in [-0.05, 0) is 42.5 Å². The number of hydrogen-bond acceptors (Lipinski definition) is 3. The lowest BCUT2D eigenvalue weighted by molar-refractivity contribution is 0.137. The molecule has 0 radical (unpaired) electrons. The molecule has 5 heteroatoms. The molecule has 2 N–H and O–H groups in total. The third-order valence-corrected chi connectivity index (χ3v) is 4.79. The van der Waals surface area contributed by atoms with Crippen molar-refractivity contribution in [2.24, 2.45) is 11.8 Å². The Balaban J connectivity index is 1.67. The minimum atomic E-state index is 0.0411. The number of rotatable bonds is 5. The first-order chi connectivity index (χ1) is 9.69. The van der Waals surface area contributed by atoms with Crippen molar-refractivity contribution < 1.29 is 9.90 Å². The molecule has 1 aromatic heterocycles. The van der Waals surface area contributed by atoms with Crippen LogP contribution in [0.1, 0.15) is 24.6 Å². The maximum atomic E-state index is 12.1. The lowest BCUT2D eigenvalue weighted by Crippen LogP contribution is -2.46. The molecule has 1 saturated heterocycles. The third kappa shape index (κ3) is 4.49.